The summed E-state index contributed by atoms with van der Waals surface area (Å²) in [5.41, 5.74) is -0.400. The third-order valence-corrected chi connectivity index (χ3v) is 5.72. The Labute approximate surface area is 171 Å². The van der Waals surface area contributed by atoms with Crippen LogP contribution in [-0.2, 0) is 12.7 Å². The first-order valence-corrected chi connectivity index (χ1v) is 10.1. The van der Waals surface area contributed by atoms with Crippen LogP contribution < -0.4 is 10.3 Å². The van der Waals surface area contributed by atoms with Crippen molar-refractivity contribution in [3.8, 4) is 5.75 Å². The fourth-order valence-electron chi connectivity index (χ4n) is 2.79. The molecule has 0 saturated carbocycles. The number of ether oxygens (including phenoxy) is 1. The van der Waals surface area contributed by atoms with Crippen molar-refractivity contribution in [1.29, 1.82) is 0 Å². The molecule has 148 valence electrons. The normalized spacial score (nSPS) is 11.8. The van der Waals surface area contributed by atoms with E-state index in [0.717, 1.165) is 28.3 Å². The molecular weight excluding hydrogens is 457 g/mol. The number of aromatic nitrogens is 2. The van der Waals surface area contributed by atoms with Crippen molar-refractivity contribution in [3.63, 3.8) is 0 Å². The van der Waals surface area contributed by atoms with Gasteiger partial charge >= 0.3 is 6.18 Å². The molecule has 4 nitrogen and oxygen atoms in total. The van der Waals surface area contributed by atoms with E-state index in [-0.39, 0.29) is 21.9 Å². The van der Waals surface area contributed by atoms with Gasteiger partial charge in [0.05, 0.1) is 36.4 Å². The highest BCUT2D eigenvalue weighted by molar-refractivity contribution is 9.10. The number of methoxy groups -OCH3 is 1. The van der Waals surface area contributed by atoms with Gasteiger partial charge in [0.2, 0.25) is 0 Å². The number of nitrogens with zero attached hydrogens (tertiary/aromatic N) is 2. The minimum absolute atomic E-state index is 0.0863. The first-order chi connectivity index (χ1) is 13.2. The number of benzene rings is 2. The van der Waals surface area contributed by atoms with Crippen molar-refractivity contribution >= 4 is 38.6 Å². The zero-order valence-corrected chi connectivity index (χ0v) is 17.4. The first kappa shape index (κ1) is 20.7. The largest absolute Gasteiger partial charge is 0.497 e. The summed E-state index contributed by atoms with van der Waals surface area (Å²) in [6, 6.07) is 7.32. The molecule has 0 amide bonds. The maximum atomic E-state index is 13.1. The van der Waals surface area contributed by atoms with E-state index < -0.39 is 17.3 Å². The molecule has 0 spiro atoms. The van der Waals surface area contributed by atoms with E-state index in [2.05, 4.69) is 20.9 Å². The van der Waals surface area contributed by atoms with Crippen LogP contribution >= 0.6 is 27.7 Å². The lowest BCUT2D eigenvalue weighted by Gasteiger charge is -2.14. The Kier molecular flexibility index (Phi) is 6.04. The van der Waals surface area contributed by atoms with Crippen molar-refractivity contribution in [2.24, 2.45) is 0 Å². The number of fused-ring (bicyclic) bond motifs is 1. The summed E-state index contributed by atoms with van der Waals surface area (Å²) in [6.45, 7) is 2.19. The first-order valence-electron chi connectivity index (χ1n) is 8.30. The summed E-state index contributed by atoms with van der Waals surface area (Å²) in [5.74, 6) is 1.48. The van der Waals surface area contributed by atoms with Crippen LogP contribution in [0.4, 0.5) is 13.2 Å². The van der Waals surface area contributed by atoms with E-state index in [0.29, 0.717) is 5.75 Å². The average Bonchev–Trinajstić information content (AvgIpc) is 2.65. The molecule has 0 unspecified atom stereocenters. The zero-order chi connectivity index (χ0) is 20.5. The second kappa shape index (κ2) is 8.16. The summed E-state index contributed by atoms with van der Waals surface area (Å²) < 4.78 is 46.1. The molecule has 0 aliphatic rings. The molecule has 0 atom stereocenters. The number of alkyl halides is 3. The van der Waals surface area contributed by atoms with E-state index in [1.165, 1.54) is 10.9 Å². The molecule has 0 N–H and O–H groups in total. The maximum Gasteiger partial charge on any atom is 0.416 e. The van der Waals surface area contributed by atoms with E-state index in [1.54, 1.807) is 18.9 Å². The molecule has 1 heterocycles. The number of hydrogen-bond donors (Lipinski definition) is 0. The van der Waals surface area contributed by atoms with E-state index in [1.807, 2.05) is 25.1 Å². The van der Waals surface area contributed by atoms with Gasteiger partial charge in [0.15, 0.2) is 0 Å². The molecule has 28 heavy (non-hydrogen) atoms. The number of hydrogen-bond acceptors (Lipinski definition) is 4. The minimum atomic E-state index is -4.55. The van der Waals surface area contributed by atoms with E-state index in [4.69, 9.17) is 4.74 Å². The highest BCUT2D eigenvalue weighted by Gasteiger charge is 2.31. The SMILES string of the molecule is CCSc1ccc(OC)cc1Cn1cnc2c(Br)cc(C(F)(F)F)cc2c1=O. The Morgan fingerprint density at radius 2 is 2.00 bits per heavy atom. The van der Waals surface area contributed by atoms with Gasteiger partial charge in [-0.25, -0.2) is 4.98 Å². The number of rotatable bonds is 5. The van der Waals surface area contributed by atoms with Crippen molar-refractivity contribution in [2.75, 3.05) is 12.9 Å². The second-order valence-electron chi connectivity index (χ2n) is 5.94. The zero-order valence-electron chi connectivity index (χ0n) is 15.0. The molecule has 2 aromatic carbocycles. The van der Waals surface area contributed by atoms with Gasteiger partial charge in [0, 0.05) is 9.37 Å². The van der Waals surface area contributed by atoms with Crippen LogP contribution in [0.25, 0.3) is 10.9 Å². The molecule has 0 aliphatic heterocycles. The third kappa shape index (κ3) is 4.20. The third-order valence-electron chi connectivity index (χ3n) is 4.12. The van der Waals surface area contributed by atoms with Gasteiger partial charge in [-0.3, -0.25) is 9.36 Å². The van der Waals surface area contributed by atoms with Gasteiger partial charge in [0.1, 0.15) is 5.75 Å². The summed E-state index contributed by atoms with van der Waals surface area (Å²) in [4.78, 5) is 18.0. The molecule has 0 aliphatic carbocycles. The lowest BCUT2D eigenvalue weighted by molar-refractivity contribution is -0.137. The standard InChI is InChI=1S/C19H16BrF3N2O2S/c1-3-28-16-5-4-13(27-2)6-11(16)9-25-10-24-17-14(18(25)26)7-12(8-15(17)20)19(21,22)23/h4-8,10H,3,9H2,1-2H3. The van der Waals surface area contributed by atoms with E-state index >= 15 is 0 Å². The van der Waals surface area contributed by atoms with Crippen LogP contribution in [0.5, 0.6) is 5.75 Å². The van der Waals surface area contributed by atoms with Crippen molar-refractivity contribution in [1.82, 2.24) is 9.55 Å². The van der Waals surface area contributed by atoms with Crippen LogP contribution in [0.15, 0.2) is 50.8 Å². The number of halogens is 4. The van der Waals surface area contributed by atoms with Crippen LogP contribution in [0.1, 0.15) is 18.1 Å². The molecule has 0 saturated heterocycles. The van der Waals surface area contributed by atoms with Crippen LogP contribution in [0.2, 0.25) is 0 Å². The minimum Gasteiger partial charge on any atom is -0.497 e. The quantitative estimate of drug-likeness (QED) is 0.469. The summed E-state index contributed by atoms with van der Waals surface area (Å²) >= 11 is 4.70. The highest BCUT2D eigenvalue weighted by Crippen LogP contribution is 2.34. The smallest absolute Gasteiger partial charge is 0.416 e. The Balaban J connectivity index is 2.12. The fourth-order valence-corrected chi connectivity index (χ4v) is 4.14. The van der Waals surface area contributed by atoms with Gasteiger partial charge in [-0.15, -0.1) is 11.8 Å². The maximum absolute atomic E-state index is 13.1. The van der Waals surface area contributed by atoms with Crippen molar-refractivity contribution in [3.05, 3.63) is 62.6 Å². The Morgan fingerprint density at radius 1 is 1.25 bits per heavy atom. The molecule has 1 aromatic heterocycles. The summed E-state index contributed by atoms with van der Waals surface area (Å²) in [6.07, 6.45) is -3.20. The lowest BCUT2D eigenvalue weighted by Crippen LogP contribution is -2.22. The lowest BCUT2D eigenvalue weighted by atomic mass is 10.1. The highest BCUT2D eigenvalue weighted by atomic mass is 79.9. The van der Waals surface area contributed by atoms with Crippen LogP contribution in [-0.4, -0.2) is 22.4 Å². The van der Waals surface area contributed by atoms with Crippen molar-refractivity contribution < 1.29 is 17.9 Å². The molecule has 9 heteroatoms. The topological polar surface area (TPSA) is 44.1 Å². The Hall–Kier alpha value is -2.00. The van der Waals surface area contributed by atoms with Crippen LogP contribution in [0.3, 0.4) is 0 Å². The average molecular weight is 473 g/mol. The van der Waals surface area contributed by atoms with Gasteiger partial charge in [0.25, 0.3) is 5.56 Å². The van der Waals surface area contributed by atoms with Gasteiger partial charge in [-0.05, 0) is 57.6 Å². The number of thioether (sulfide) groups is 1. The monoisotopic (exact) mass is 472 g/mol. The molecule has 0 radical (unpaired) electrons. The van der Waals surface area contributed by atoms with Crippen molar-refractivity contribution in [2.45, 2.75) is 24.5 Å². The van der Waals surface area contributed by atoms with Crippen LogP contribution in [0, 0.1) is 0 Å². The second-order valence-corrected chi connectivity index (χ2v) is 8.10. The Bertz CT molecular complexity index is 1080. The predicted octanol–water partition coefficient (Wildman–Crippen LogP) is 5.35. The van der Waals surface area contributed by atoms with Gasteiger partial charge in [-0.2, -0.15) is 13.2 Å². The van der Waals surface area contributed by atoms with Gasteiger partial charge < -0.3 is 4.74 Å². The molecule has 3 aromatic rings. The molecule has 0 fully saturated rings. The summed E-state index contributed by atoms with van der Waals surface area (Å²) in [5, 5.41) is -0.0863. The van der Waals surface area contributed by atoms with Gasteiger partial charge in [-0.1, -0.05) is 6.92 Å². The summed E-state index contributed by atoms with van der Waals surface area (Å²) in [7, 11) is 1.55. The van der Waals surface area contributed by atoms with E-state index in [9.17, 15) is 18.0 Å². The molecular formula is C19H16BrF3N2O2S. The fraction of sp³-hybridized carbons (Fsp3) is 0.263. The molecule has 3 rings (SSSR count). The molecule has 0 bridgehead atoms. The predicted molar refractivity (Wildman–Crippen MR) is 107 cm³/mol. The Morgan fingerprint density at radius 3 is 2.64 bits per heavy atom.